The fourth-order valence-electron chi connectivity index (χ4n) is 2.18. The molecule has 1 saturated heterocycles. The van der Waals surface area contributed by atoms with Gasteiger partial charge in [-0.25, -0.2) is 0 Å². The third-order valence-corrected chi connectivity index (χ3v) is 3.03. The minimum atomic E-state index is 0. The third-order valence-electron chi connectivity index (χ3n) is 3.03. The van der Waals surface area contributed by atoms with Crippen LogP contribution in [0, 0.1) is 6.92 Å². The summed E-state index contributed by atoms with van der Waals surface area (Å²) in [7, 11) is 0. The Morgan fingerprint density at radius 3 is 2.81 bits per heavy atom. The number of halogens is 1. The van der Waals surface area contributed by atoms with Gasteiger partial charge in [0.2, 0.25) is 0 Å². The monoisotopic (exact) mass is 241 g/mol. The molecule has 2 nitrogen and oxygen atoms in total. The lowest BCUT2D eigenvalue weighted by atomic mass is 9.96. The minimum Gasteiger partial charge on any atom is -0.494 e. The zero-order valence-corrected chi connectivity index (χ0v) is 10.8. The van der Waals surface area contributed by atoms with Gasteiger partial charge < -0.3 is 10.1 Å². The van der Waals surface area contributed by atoms with Gasteiger partial charge in [-0.2, -0.15) is 0 Å². The number of rotatable bonds is 3. The van der Waals surface area contributed by atoms with Crippen LogP contribution in [0.3, 0.4) is 0 Å². The van der Waals surface area contributed by atoms with Gasteiger partial charge in [0.15, 0.2) is 0 Å². The summed E-state index contributed by atoms with van der Waals surface area (Å²) in [4.78, 5) is 0. The summed E-state index contributed by atoms with van der Waals surface area (Å²) >= 11 is 0. The van der Waals surface area contributed by atoms with E-state index in [0.29, 0.717) is 5.92 Å². The molecule has 3 heteroatoms. The molecule has 0 spiro atoms. The SMILES string of the molecule is CCOc1ccc(C2CCNC2)cc1C.Cl. The first-order valence-corrected chi connectivity index (χ1v) is 5.75. The number of ether oxygens (including phenoxy) is 1. The van der Waals surface area contributed by atoms with E-state index in [1.807, 2.05) is 6.92 Å². The van der Waals surface area contributed by atoms with E-state index in [1.54, 1.807) is 0 Å². The van der Waals surface area contributed by atoms with Crippen molar-refractivity contribution >= 4 is 12.4 Å². The van der Waals surface area contributed by atoms with Crippen LogP contribution in [0.25, 0.3) is 0 Å². The lowest BCUT2D eigenvalue weighted by molar-refractivity contribution is 0.337. The molecule has 2 rings (SSSR count). The lowest BCUT2D eigenvalue weighted by Crippen LogP contribution is -2.08. The van der Waals surface area contributed by atoms with Crippen LogP contribution in [-0.4, -0.2) is 19.7 Å². The van der Waals surface area contributed by atoms with Crippen molar-refractivity contribution in [3.8, 4) is 5.75 Å². The molecule has 1 heterocycles. The van der Waals surface area contributed by atoms with Crippen molar-refractivity contribution in [2.75, 3.05) is 19.7 Å². The van der Waals surface area contributed by atoms with Crippen LogP contribution in [0.4, 0.5) is 0 Å². The van der Waals surface area contributed by atoms with Crippen molar-refractivity contribution < 1.29 is 4.74 Å². The van der Waals surface area contributed by atoms with E-state index in [-0.39, 0.29) is 12.4 Å². The van der Waals surface area contributed by atoms with Gasteiger partial charge in [0.1, 0.15) is 5.75 Å². The second-order valence-electron chi connectivity index (χ2n) is 4.15. The Kier molecular flexibility index (Phi) is 5.10. The Morgan fingerprint density at radius 1 is 1.44 bits per heavy atom. The van der Waals surface area contributed by atoms with Crippen LogP contribution in [0.15, 0.2) is 18.2 Å². The zero-order valence-electron chi connectivity index (χ0n) is 9.95. The number of nitrogens with one attached hydrogen (secondary N) is 1. The van der Waals surface area contributed by atoms with Crippen LogP contribution in [0.1, 0.15) is 30.4 Å². The molecule has 0 bridgehead atoms. The first-order chi connectivity index (χ1) is 7.31. The van der Waals surface area contributed by atoms with E-state index in [9.17, 15) is 0 Å². The summed E-state index contributed by atoms with van der Waals surface area (Å²) in [6, 6.07) is 6.57. The molecule has 1 fully saturated rings. The second-order valence-corrected chi connectivity index (χ2v) is 4.15. The molecular weight excluding hydrogens is 222 g/mol. The molecule has 16 heavy (non-hydrogen) atoms. The fourth-order valence-corrected chi connectivity index (χ4v) is 2.18. The third kappa shape index (κ3) is 2.89. The largest absolute Gasteiger partial charge is 0.494 e. The molecule has 1 aliphatic rings. The van der Waals surface area contributed by atoms with Crippen LogP contribution in [0.2, 0.25) is 0 Å². The van der Waals surface area contributed by atoms with Gasteiger partial charge >= 0.3 is 0 Å². The van der Waals surface area contributed by atoms with Crippen molar-refractivity contribution in [1.29, 1.82) is 0 Å². The lowest BCUT2D eigenvalue weighted by Gasteiger charge is -2.12. The molecule has 1 aromatic carbocycles. The Labute approximate surface area is 104 Å². The van der Waals surface area contributed by atoms with E-state index in [1.165, 1.54) is 17.5 Å². The van der Waals surface area contributed by atoms with Crippen molar-refractivity contribution in [3.63, 3.8) is 0 Å². The highest BCUT2D eigenvalue weighted by Crippen LogP contribution is 2.27. The standard InChI is InChI=1S/C13H19NO.ClH/c1-3-15-13-5-4-11(8-10(13)2)12-6-7-14-9-12;/h4-5,8,12,14H,3,6-7,9H2,1-2H3;1H. The molecular formula is C13H20ClNO. The molecule has 1 aliphatic heterocycles. The minimum absolute atomic E-state index is 0. The first-order valence-electron chi connectivity index (χ1n) is 5.75. The van der Waals surface area contributed by atoms with E-state index >= 15 is 0 Å². The molecule has 1 N–H and O–H groups in total. The number of hydrogen-bond acceptors (Lipinski definition) is 2. The Bertz CT molecular complexity index is 335. The average Bonchev–Trinajstić information content (AvgIpc) is 2.74. The summed E-state index contributed by atoms with van der Waals surface area (Å²) in [5, 5.41) is 3.40. The molecule has 0 aliphatic carbocycles. The molecule has 0 saturated carbocycles. The van der Waals surface area contributed by atoms with E-state index in [4.69, 9.17) is 4.74 Å². The highest BCUT2D eigenvalue weighted by molar-refractivity contribution is 5.85. The predicted octanol–water partition coefficient (Wildman–Crippen LogP) is 2.89. The zero-order chi connectivity index (χ0) is 10.7. The van der Waals surface area contributed by atoms with Gasteiger partial charge in [-0.1, -0.05) is 12.1 Å². The normalized spacial score (nSPS) is 19.2. The van der Waals surface area contributed by atoms with Crippen LogP contribution >= 0.6 is 12.4 Å². The molecule has 0 radical (unpaired) electrons. The quantitative estimate of drug-likeness (QED) is 0.879. The summed E-state index contributed by atoms with van der Waals surface area (Å²) < 4.78 is 5.54. The van der Waals surface area contributed by atoms with Crippen LogP contribution in [0.5, 0.6) is 5.75 Å². The maximum atomic E-state index is 5.54. The van der Waals surface area contributed by atoms with Crippen molar-refractivity contribution in [2.45, 2.75) is 26.2 Å². The van der Waals surface area contributed by atoms with Crippen LogP contribution in [-0.2, 0) is 0 Å². The maximum Gasteiger partial charge on any atom is 0.122 e. The fraction of sp³-hybridized carbons (Fsp3) is 0.538. The first kappa shape index (κ1) is 13.3. The average molecular weight is 242 g/mol. The van der Waals surface area contributed by atoms with Gasteiger partial charge in [-0.05, 0) is 49.9 Å². The van der Waals surface area contributed by atoms with Crippen molar-refractivity contribution in [2.24, 2.45) is 0 Å². The van der Waals surface area contributed by atoms with E-state index < -0.39 is 0 Å². The van der Waals surface area contributed by atoms with Crippen molar-refractivity contribution in [1.82, 2.24) is 5.32 Å². The topological polar surface area (TPSA) is 21.3 Å². The van der Waals surface area contributed by atoms with E-state index in [2.05, 4.69) is 30.4 Å². The maximum absolute atomic E-state index is 5.54. The molecule has 0 amide bonds. The van der Waals surface area contributed by atoms with Gasteiger partial charge in [-0.3, -0.25) is 0 Å². The molecule has 90 valence electrons. The van der Waals surface area contributed by atoms with Gasteiger partial charge in [0.05, 0.1) is 6.61 Å². The highest BCUT2D eigenvalue weighted by Gasteiger charge is 2.16. The predicted molar refractivity (Wildman–Crippen MR) is 69.8 cm³/mol. The molecule has 0 aromatic heterocycles. The molecule has 1 atom stereocenters. The number of benzene rings is 1. The van der Waals surface area contributed by atoms with Gasteiger partial charge in [0.25, 0.3) is 0 Å². The summed E-state index contributed by atoms with van der Waals surface area (Å²) in [5.74, 6) is 1.71. The van der Waals surface area contributed by atoms with E-state index in [0.717, 1.165) is 25.4 Å². The van der Waals surface area contributed by atoms with Crippen LogP contribution < -0.4 is 10.1 Å². The van der Waals surface area contributed by atoms with Gasteiger partial charge in [0, 0.05) is 6.54 Å². The molecule has 1 aromatic rings. The Balaban J connectivity index is 0.00000128. The van der Waals surface area contributed by atoms with Gasteiger partial charge in [-0.15, -0.1) is 12.4 Å². The number of hydrogen-bond donors (Lipinski definition) is 1. The Morgan fingerprint density at radius 2 is 2.25 bits per heavy atom. The summed E-state index contributed by atoms with van der Waals surface area (Å²) in [5.41, 5.74) is 2.70. The summed E-state index contributed by atoms with van der Waals surface area (Å²) in [6.07, 6.45) is 1.26. The second kappa shape index (κ2) is 6.12. The van der Waals surface area contributed by atoms with Crippen molar-refractivity contribution in [3.05, 3.63) is 29.3 Å². The Hall–Kier alpha value is -0.730. The summed E-state index contributed by atoms with van der Waals surface area (Å²) in [6.45, 7) is 7.15. The smallest absolute Gasteiger partial charge is 0.122 e. The molecule has 1 unspecified atom stereocenters. The number of aryl methyl sites for hydroxylation is 1. The highest BCUT2D eigenvalue weighted by atomic mass is 35.5.